The van der Waals surface area contributed by atoms with Crippen molar-refractivity contribution in [3.05, 3.63) is 57.6 Å². The summed E-state index contributed by atoms with van der Waals surface area (Å²) in [4.78, 5) is 15.2. The van der Waals surface area contributed by atoms with E-state index in [0.29, 0.717) is 11.3 Å². The first-order valence-corrected chi connectivity index (χ1v) is 11.2. The lowest BCUT2D eigenvalue weighted by atomic mass is 10.2. The third-order valence-corrected chi connectivity index (χ3v) is 7.54. The summed E-state index contributed by atoms with van der Waals surface area (Å²) in [7, 11) is -2.96. The van der Waals surface area contributed by atoms with Crippen LogP contribution in [-0.4, -0.2) is 46.7 Å². The van der Waals surface area contributed by atoms with Crippen LogP contribution in [-0.2, 0) is 15.7 Å². The highest BCUT2D eigenvalue weighted by molar-refractivity contribution is 7.54. The zero-order valence-corrected chi connectivity index (χ0v) is 17.7. The van der Waals surface area contributed by atoms with E-state index in [0.717, 1.165) is 37.4 Å². The minimum absolute atomic E-state index is 0.0851. The van der Waals surface area contributed by atoms with Gasteiger partial charge in [0.1, 0.15) is 5.75 Å². The van der Waals surface area contributed by atoms with Gasteiger partial charge in [0.05, 0.1) is 17.2 Å². The molecule has 0 radical (unpaired) electrons. The molecule has 0 bridgehead atoms. The fourth-order valence-corrected chi connectivity index (χ4v) is 5.27. The molecule has 0 aliphatic carbocycles. The van der Waals surface area contributed by atoms with Crippen LogP contribution < -0.4 is 4.74 Å². The normalized spacial score (nSPS) is 16.7. The fourth-order valence-electron chi connectivity index (χ4n) is 3.08. The number of hydrogen-bond acceptors (Lipinski definition) is 6. The number of nitro benzene ring substituents is 1. The van der Waals surface area contributed by atoms with Crippen LogP contribution in [0.4, 0.5) is 11.4 Å². The zero-order chi connectivity index (χ0) is 21.3. The van der Waals surface area contributed by atoms with Gasteiger partial charge in [-0.3, -0.25) is 19.7 Å². The van der Waals surface area contributed by atoms with Crippen molar-refractivity contribution >= 4 is 25.3 Å². The second kappa shape index (κ2) is 8.28. The van der Waals surface area contributed by atoms with Crippen LogP contribution in [0.2, 0.25) is 0 Å². The molecule has 2 saturated heterocycles. The lowest BCUT2D eigenvalue weighted by Crippen LogP contribution is -2.08. The minimum Gasteiger partial charge on any atom is -0.450 e. The number of hydrogen-bond donors (Lipinski definition) is 0. The Labute approximate surface area is 174 Å². The molecule has 9 nitrogen and oxygen atoms in total. The molecule has 2 aliphatic rings. The van der Waals surface area contributed by atoms with Crippen molar-refractivity contribution in [3.8, 4) is 11.5 Å². The Hall–Kier alpha value is -2.58. The van der Waals surface area contributed by atoms with Gasteiger partial charge in [-0.1, -0.05) is 0 Å². The van der Waals surface area contributed by atoms with E-state index in [-0.39, 0.29) is 18.0 Å². The van der Waals surface area contributed by atoms with Crippen LogP contribution in [0.5, 0.6) is 11.5 Å². The van der Waals surface area contributed by atoms with Gasteiger partial charge in [0.2, 0.25) is 5.75 Å². The maximum Gasteiger partial charge on any atom is 0.346 e. The molecule has 0 saturated carbocycles. The molecule has 158 valence electrons. The number of aliphatic imine (C=N–C) groups is 1. The molecular formula is C20H23N4O5P. The quantitative estimate of drug-likeness (QED) is 0.187. The monoisotopic (exact) mass is 430 g/mol. The average molecular weight is 430 g/mol. The predicted molar refractivity (Wildman–Crippen MR) is 114 cm³/mol. The lowest BCUT2D eigenvalue weighted by Gasteiger charge is -2.19. The van der Waals surface area contributed by atoms with Crippen molar-refractivity contribution in [2.45, 2.75) is 20.5 Å². The van der Waals surface area contributed by atoms with Crippen LogP contribution in [0, 0.1) is 17.0 Å². The van der Waals surface area contributed by atoms with Crippen molar-refractivity contribution in [2.24, 2.45) is 4.99 Å². The van der Waals surface area contributed by atoms with Gasteiger partial charge in [-0.2, -0.15) is 0 Å². The first-order valence-electron chi connectivity index (χ1n) is 9.70. The van der Waals surface area contributed by atoms with Gasteiger partial charge in [-0.15, -0.1) is 0 Å². The Morgan fingerprint density at radius 2 is 1.87 bits per heavy atom. The number of rotatable bonds is 9. The maximum atomic E-state index is 13.1. The Morgan fingerprint density at radius 1 is 1.17 bits per heavy atom. The van der Waals surface area contributed by atoms with Gasteiger partial charge in [0, 0.05) is 38.5 Å². The first-order chi connectivity index (χ1) is 14.4. The first kappa shape index (κ1) is 20.7. The van der Waals surface area contributed by atoms with Crippen molar-refractivity contribution in [1.82, 2.24) is 9.34 Å². The van der Waals surface area contributed by atoms with Crippen molar-refractivity contribution < 1.29 is 18.7 Å². The van der Waals surface area contributed by atoms with E-state index in [4.69, 9.17) is 9.26 Å². The number of ether oxygens (including phenoxy) is 1. The summed E-state index contributed by atoms with van der Waals surface area (Å²) >= 11 is 0. The molecule has 0 unspecified atom stereocenters. The summed E-state index contributed by atoms with van der Waals surface area (Å²) < 4.78 is 28.3. The second-order valence-corrected chi connectivity index (χ2v) is 9.54. The molecule has 30 heavy (non-hydrogen) atoms. The van der Waals surface area contributed by atoms with Crippen molar-refractivity contribution in [2.75, 3.05) is 26.2 Å². The van der Waals surface area contributed by atoms with Gasteiger partial charge in [-0.05, 0) is 55.3 Å². The standard InChI is InChI=1S/C20H23N4O5P/c1-3-21-18-6-5-17(12-15(18)2)29-20-13-16(4-7-19(20)24(25)26)14-28-30(27,22-8-9-22)23-10-11-23/h3-7,12-13H,8-11,14H2,1-2H3. The Morgan fingerprint density at radius 3 is 2.43 bits per heavy atom. The van der Waals surface area contributed by atoms with E-state index >= 15 is 0 Å². The molecule has 0 amide bonds. The molecule has 4 rings (SSSR count). The van der Waals surface area contributed by atoms with Crippen molar-refractivity contribution in [3.63, 3.8) is 0 Å². The van der Waals surface area contributed by atoms with Crippen LogP contribution in [0.3, 0.4) is 0 Å². The number of nitrogens with zero attached hydrogens (tertiary/aromatic N) is 4. The van der Waals surface area contributed by atoms with E-state index < -0.39 is 12.6 Å². The van der Waals surface area contributed by atoms with Gasteiger partial charge < -0.3 is 9.26 Å². The van der Waals surface area contributed by atoms with Crippen LogP contribution >= 0.6 is 7.67 Å². The summed E-state index contributed by atoms with van der Waals surface area (Å²) in [6.07, 6.45) is 1.70. The van der Waals surface area contributed by atoms with E-state index in [2.05, 4.69) is 4.99 Å². The van der Waals surface area contributed by atoms with E-state index in [1.807, 2.05) is 23.2 Å². The van der Waals surface area contributed by atoms with Crippen molar-refractivity contribution in [1.29, 1.82) is 0 Å². The Bertz CT molecular complexity index is 1030. The number of benzene rings is 2. The Balaban J connectivity index is 1.55. The van der Waals surface area contributed by atoms with Gasteiger partial charge in [0.25, 0.3) is 0 Å². The Kier molecular flexibility index (Phi) is 5.71. The smallest absolute Gasteiger partial charge is 0.346 e. The highest BCUT2D eigenvalue weighted by Crippen LogP contribution is 2.61. The molecule has 10 heteroatoms. The van der Waals surface area contributed by atoms with Crippen LogP contribution in [0.15, 0.2) is 41.4 Å². The summed E-state index contributed by atoms with van der Waals surface area (Å²) in [5.74, 6) is 0.586. The largest absolute Gasteiger partial charge is 0.450 e. The highest BCUT2D eigenvalue weighted by Gasteiger charge is 2.49. The molecule has 0 aromatic heterocycles. The molecule has 2 fully saturated rings. The van der Waals surface area contributed by atoms with E-state index in [1.165, 1.54) is 6.07 Å². The van der Waals surface area contributed by atoms with Gasteiger partial charge in [0.15, 0.2) is 0 Å². The summed E-state index contributed by atoms with van der Waals surface area (Å²) in [6.45, 7) is 6.87. The second-order valence-electron chi connectivity index (χ2n) is 7.17. The molecule has 2 aliphatic heterocycles. The number of nitro groups is 1. The molecule has 2 heterocycles. The molecule has 0 spiro atoms. The number of aryl methyl sites for hydroxylation is 1. The summed E-state index contributed by atoms with van der Waals surface area (Å²) in [5, 5.41) is 11.5. The highest BCUT2D eigenvalue weighted by atomic mass is 31.2. The van der Waals surface area contributed by atoms with E-state index in [9.17, 15) is 14.7 Å². The zero-order valence-electron chi connectivity index (χ0n) is 16.9. The lowest BCUT2D eigenvalue weighted by molar-refractivity contribution is -0.385. The molecule has 2 aromatic rings. The summed E-state index contributed by atoms with van der Waals surface area (Å²) in [6, 6.07) is 9.86. The van der Waals surface area contributed by atoms with E-state index in [1.54, 1.807) is 36.5 Å². The third kappa shape index (κ3) is 4.44. The molecule has 2 aromatic carbocycles. The summed E-state index contributed by atoms with van der Waals surface area (Å²) in [5.41, 5.74) is 2.21. The maximum absolute atomic E-state index is 13.1. The van der Waals surface area contributed by atoms with Gasteiger partial charge in [-0.25, -0.2) is 9.34 Å². The molecule has 0 atom stereocenters. The SMILES string of the molecule is CC=Nc1ccc(Oc2cc(COP(=O)(N3CC3)N3CC3)ccc2[N+](=O)[O-])cc1C. The average Bonchev–Trinajstić information content (AvgIpc) is 3.60. The van der Waals surface area contributed by atoms with Gasteiger partial charge >= 0.3 is 13.4 Å². The minimum atomic E-state index is -2.96. The van der Waals surface area contributed by atoms with Crippen LogP contribution in [0.1, 0.15) is 18.1 Å². The molecule has 0 N–H and O–H groups in total. The third-order valence-electron chi connectivity index (χ3n) is 4.85. The predicted octanol–water partition coefficient (Wildman–Crippen LogP) is 4.67. The molecular weight excluding hydrogens is 407 g/mol. The fraction of sp³-hybridized carbons (Fsp3) is 0.350. The topological polar surface area (TPSA) is 97.0 Å². The van der Waals surface area contributed by atoms with Crippen LogP contribution in [0.25, 0.3) is 0 Å².